The Bertz CT molecular complexity index is 642. The molecule has 5 heteroatoms. The zero-order valence-electron chi connectivity index (χ0n) is 11.6. The number of nitrogens with zero attached hydrogens (tertiary/aromatic N) is 2. The third-order valence-electron chi connectivity index (χ3n) is 4.00. The molecule has 2 aromatic rings. The second-order valence-corrected chi connectivity index (χ2v) is 5.49. The highest BCUT2D eigenvalue weighted by molar-refractivity contribution is 5.93. The zero-order chi connectivity index (χ0) is 14.1. The molecular formula is C15H19N3O2. The number of fused-ring (bicyclic) bond motifs is 1. The first-order chi connectivity index (χ1) is 9.66. The van der Waals surface area contributed by atoms with E-state index in [1.54, 1.807) is 0 Å². The van der Waals surface area contributed by atoms with Crippen LogP contribution >= 0.6 is 0 Å². The molecule has 0 spiro atoms. The van der Waals surface area contributed by atoms with Gasteiger partial charge in [-0.15, -0.1) is 0 Å². The topological polar surface area (TPSA) is 66.6 Å². The lowest BCUT2D eigenvalue weighted by atomic mass is 9.96. The molecule has 1 saturated heterocycles. The van der Waals surface area contributed by atoms with Crippen molar-refractivity contribution in [1.82, 2.24) is 14.7 Å². The first-order valence-corrected chi connectivity index (χ1v) is 7.08. The molecule has 2 aromatic heterocycles. The average molecular weight is 273 g/mol. The van der Waals surface area contributed by atoms with Gasteiger partial charge < -0.3 is 14.8 Å². The molecule has 0 aromatic carbocycles. The predicted octanol–water partition coefficient (Wildman–Crippen LogP) is 1.88. The number of imidazole rings is 1. The normalized spacial score (nSPS) is 19.4. The summed E-state index contributed by atoms with van der Waals surface area (Å²) in [7, 11) is 0. The van der Waals surface area contributed by atoms with E-state index in [2.05, 4.69) is 10.3 Å². The maximum Gasteiger partial charge on any atom is 0.356 e. The maximum atomic E-state index is 11.3. The van der Waals surface area contributed by atoms with Gasteiger partial charge >= 0.3 is 5.97 Å². The first kappa shape index (κ1) is 13.1. The number of hydrogen-bond acceptors (Lipinski definition) is 3. The van der Waals surface area contributed by atoms with Gasteiger partial charge in [0.25, 0.3) is 0 Å². The van der Waals surface area contributed by atoms with Gasteiger partial charge in [0.15, 0.2) is 5.69 Å². The average Bonchev–Trinajstić information content (AvgIpc) is 2.80. The van der Waals surface area contributed by atoms with Gasteiger partial charge in [0.05, 0.1) is 5.52 Å². The van der Waals surface area contributed by atoms with Gasteiger partial charge in [0.1, 0.15) is 5.82 Å². The summed E-state index contributed by atoms with van der Waals surface area (Å²) in [5.74, 6) is 0.445. The summed E-state index contributed by atoms with van der Waals surface area (Å²) in [6.07, 6.45) is 3.18. The number of hydrogen-bond donors (Lipinski definition) is 2. The van der Waals surface area contributed by atoms with Crippen molar-refractivity contribution in [3.8, 4) is 0 Å². The second-order valence-electron chi connectivity index (χ2n) is 5.49. The summed E-state index contributed by atoms with van der Waals surface area (Å²) >= 11 is 0. The molecule has 0 radical (unpaired) electrons. The minimum atomic E-state index is -0.957. The summed E-state index contributed by atoms with van der Waals surface area (Å²) in [6, 6.07) is 5.69. The van der Waals surface area contributed by atoms with Crippen molar-refractivity contribution in [1.29, 1.82) is 0 Å². The molecule has 0 amide bonds. The van der Waals surface area contributed by atoms with E-state index in [9.17, 15) is 9.90 Å². The number of carboxylic acids is 1. The lowest BCUT2D eigenvalue weighted by Crippen LogP contribution is -2.31. The molecule has 0 aliphatic carbocycles. The van der Waals surface area contributed by atoms with Gasteiger partial charge in [-0.3, -0.25) is 0 Å². The number of aryl methyl sites for hydroxylation is 1. The number of carboxylic acid groups (broad SMARTS) is 1. The van der Waals surface area contributed by atoms with E-state index in [0.29, 0.717) is 11.4 Å². The Morgan fingerprint density at radius 1 is 1.55 bits per heavy atom. The molecular weight excluding hydrogens is 254 g/mol. The molecule has 0 saturated carbocycles. The predicted molar refractivity (Wildman–Crippen MR) is 76.2 cm³/mol. The summed E-state index contributed by atoms with van der Waals surface area (Å²) < 4.78 is 1.98. The third-order valence-corrected chi connectivity index (χ3v) is 4.00. The van der Waals surface area contributed by atoms with Crippen molar-refractivity contribution < 1.29 is 9.90 Å². The smallest absolute Gasteiger partial charge is 0.356 e. The van der Waals surface area contributed by atoms with E-state index >= 15 is 0 Å². The number of aromatic nitrogens is 2. The van der Waals surface area contributed by atoms with Crippen molar-refractivity contribution in [2.45, 2.75) is 26.2 Å². The molecule has 20 heavy (non-hydrogen) atoms. The molecule has 106 valence electrons. The number of aromatic carboxylic acids is 1. The van der Waals surface area contributed by atoms with Crippen LogP contribution in [0, 0.1) is 12.8 Å². The van der Waals surface area contributed by atoms with Crippen LogP contribution in [-0.2, 0) is 6.42 Å². The lowest BCUT2D eigenvalue weighted by molar-refractivity contribution is 0.0693. The van der Waals surface area contributed by atoms with E-state index in [0.717, 1.165) is 31.0 Å². The fraction of sp³-hybridized carbons (Fsp3) is 0.467. The van der Waals surface area contributed by atoms with E-state index in [1.165, 1.54) is 12.8 Å². The monoisotopic (exact) mass is 273 g/mol. The molecule has 1 aliphatic rings. The largest absolute Gasteiger partial charge is 0.476 e. The van der Waals surface area contributed by atoms with Crippen molar-refractivity contribution in [3.05, 3.63) is 35.4 Å². The van der Waals surface area contributed by atoms with Crippen LogP contribution in [-0.4, -0.2) is 33.6 Å². The fourth-order valence-electron chi connectivity index (χ4n) is 3.03. The lowest BCUT2D eigenvalue weighted by Gasteiger charge is -2.22. The van der Waals surface area contributed by atoms with Gasteiger partial charge in [-0.2, -0.15) is 0 Å². The third kappa shape index (κ3) is 2.29. The number of piperidine rings is 1. The number of rotatable bonds is 3. The van der Waals surface area contributed by atoms with Crippen LogP contribution in [0.4, 0.5) is 0 Å². The molecule has 1 aliphatic heterocycles. The van der Waals surface area contributed by atoms with Crippen molar-refractivity contribution in [3.63, 3.8) is 0 Å². The Hall–Kier alpha value is -1.88. The highest BCUT2D eigenvalue weighted by Gasteiger charge is 2.21. The van der Waals surface area contributed by atoms with Gasteiger partial charge in [0.2, 0.25) is 0 Å². The second kappa shape index (κ2) is 5.25. The van der Waals surface area contributed by atoms with Crippen LogP contribution < -0.4 is 5.32 Å². The first-order valence-electron chi connectivity index (χ1n) is 7.08. The standard InChI is InChI=1S/C15H19N3O2/c1-10-4-2-6-12-14(15(19)20)17-13(18(10)12)8-11-5-3-7-16-9-11/h2,4,6,11,16H,3,5,7-9H2,1H3,(H,19,20). The van der Waals surface area contributed by atoms with Crippen LogP contribution in [0.15, 0.2) is 18.2 Å². The Labute approximate surface area is 117 Å². The van der Waals surface area contributed by atoms with E-state index < -0.39 is 5.97 Å². The zero-order valence-corrected chi connectivity index (χ0v) is 11.6. The van der Waals surface area contributed by atoms with Gasteiger partial charge in [-0.25, -0.2) is 9.78 Å². The van der Waals surface area contributed by atoms with Crippen molar-refractivity contribution >= 4 is 11.5 Å². The molecule has 1 atom stereocenters. The highest BCUT2D eigenvalue weighted by Crippen LogP contribution is 2.21. The van der Waals surface area contributed by atoms with Crippen LogP contribution in [0.1, 0.15) is 34.8 Å². The van der Waals surface area contributed by atoms with Crippen LogP contribution in [0.3, 0.4) is 0 Å². The van der Waals surface area contributed by atoms with Crippen molar-refractivity contribution in [2.24, 2.45) is 5.92 Å². The van der Waals surface area contributed by atoms with Gasteiger partial charge in [-0.1, -0.05) is 6.07 Å². The quantitative estimate of drug-likeness (QED) is 0.896. The Morgan fingerprint density at radius 3 is 3.10 bits per heavy atom. The van der Waals surface area contributed by atoms with Crippen LogP contribution in [0.25, 0.3) is 5.52 Å². The summed E-state index contributed by atoms with van der Waals surface area (Å²) in [5, 5.41) is 12.7. The summed E-state index contributed by atoms with van der Waals surface area (Å²) in [6.45, 7) is 4.06. The Kier molecular flexibility index (Phi) is 3.44. The number of carbonyl (C=O) groups is 1. The van der Waals surface area contributed by atoms with Crippen LogP contribution in [0.5, 0.6) is 0 Å². The van der Waals surface area contributed by atoms with Crippen molar-refractivity contribution in [2.75, 3.05) is 13.1 Å². The summed E-state index contributed by atoms with van der Waals surface area (Å²) in [5.41, 5.74) is 1.88. The van der Waals surface area contributed by atoms with E-state index in [4.69, 9.17) is 0 Å². The molecule has 0 bridgehead atoms. The summed E-state index contributed by atoms with van der Waals surface area (Å²) in [4.78, 5) is 15.7. The molecule has 2 N–H and O–H groups in total. The van der Waals surface area contributed by atoms with E-state index in [-0.39, 0.29) is 5.69 Å². The molecule has 1 fully saturated rings. The molecule has 3 rings (SSSR count). The van der Waals surface area contributed by atoms with Crippen LogP contribution in [0.2, 0.25) is 0 Å². The van der Waals surface area contributed by atoms with Gasteiger partial charge in [-0.05, 0) is 50.9 Å². The molecule has 3 heterocycles. The van der Waals surface area contributed by atoms with Gasteiger partial charge in [0, 0.05) is 12.1 Å². The SMILES string of the molecule is Cc1cccc2c(C(=O)O)nc(CC3CCCNC3)n12. The maximum absolute atomic E-state index is 11.3. The number of pyridine rings is 1. The molecule has 5 nitrogen and oxygen atoms in total. The number of nitrogens with one attached hydrogen (secondary N) is 1. The fourth-order valence-corrected chi connectivity index (χ4v) is 3.03. The highest BCUT2D eigenvalue weighted by atomic mass is 16.4. The minimum Gasteiger partial charge on any atom is -0.476 e. The Morgan fingerprint density at radius 2 is 2.40 bits per heavy atom. The minimum absolute atomic E-state index is 0.160. The van der Waals surface area contributed by atoms with E-state index in [1.807, 2.05) is 29.5 Å². The molecule has 1 unspecified atom stereocenters. The Balaban J connectivity index is 2.03.